The molecule has 0 amide bonds. The minimum absolute atomic E-state index is 0.250. The van der Waals surface area contributed by atoms with Crippen molar-refractivity contribution in [3.05, 3.63) is 48.5 Å². The highest BCUT2D eigenvalue weighted by Crippen LogP contribution is 2.37. The number of methoxy groups -OCH3 is 2. The van der Waals surface area contributed by atoms with Gasteiger partial charge in [-0.15, -0.1) is 0 Å². The number of nitrogens with zero attached hydrogens (tertiary/aromatic N) is 4. The number of hydrogen-bond donors (Lipinski definition) is 1. The summed E-state index contributed by atoms with van der Waals surface area (Å²) in [4.78, 5) is 12.9. The third-order valence-corrected chi connectivity index (χ3v) is 3.76. The zero-order valence-electron chi connectivity index (χ0n) is 15.0. The van der Waals surface area contributed by atoms with E-state index in [2.05, 4.69) is 14.6 Å². The van der Waals surface area contributed by atoms with Crippen molar-refractivity contribution >= 4 is 6.47 Å². The van der Waals surface area contributed by atoms with E-state index in [1.807, 2.05) is 48.5 Å². The molecule has 3 aromatic rings. The van der Waals surface area contributed by atoms with Gasteiger partial charge in [0, 0.05) is 32.2 Å². The van der Waals surface area contributed by atoms with E-state index < -0.39 is 0 Å². The topological polar surface area (TPSA) is 91.4 Å². The molecule has 0 unspecified atom stereocenters. The summed E-state index contributed by atoms with van der Waals surface area (Å²) in [5.74, 6) is 2.26. The molecule has 0 aliphatic rings. The normalized spacial score (nSPS) is 9.96. The van der Waals surface area contributed by atoms with Crippen LogP contribution in [0.15, 0.2) is 43.0 Å². The Bertz CT molecular complexity index is 841. The first-order chi connectivity index (χ1) is 12.6. The highest BCUT2D eigenvalue weighted by molar-refractivity contribution is 5.69. The van der Waals surface area contributed by atoms with Crippen LogP contribution in [0.2, 0.25) is 0 Å². The summed E-state index contributed by atoms with van der Waals surface area (Å²) in [6.45, 7) is 0.571. The number of carboxylic acid groups (broad SMARTS) is 1. The van der Waals surface area contributed by atoms with Crippen molar-refractivity contribution in [1.29, 1.82) is 0 Å². The van der Waals surface area contributed by atoms with Crippen molar-refractivity contribution in [1.82, 2.24) is 19.3 Å². The predicted molar refractivity (Wildman–Crippen MR) is 96.4 cm³/mol. The average Bonchev–Trinajstić information content (AvgIpc) is 3.28. The number of rotatable bonds is 6. The van der Waals surface area contributed by atoms with E-state index in [1.54, 1.807) is 20.4 Å². The Labute approximate surface area is 151 Å². The lowest BCUT2D eigenvalue weighted by Gasteiger charge is -2.13. The molecule has 0 radical (unpaired) electrons. The molecule has 26 heavy (non-hydrogen) atoms. The lowest BCUT2D eigenvalue weighted by molar-refractivity contribution is -0.122. The zero-order chi connectivity index (χ0) is 18.9. The fourth-order valence-corrected chi connectivity index (χ4v) is 2.65. The number of ether oxygens (including phenoxy) is 2. The van der Waals surface area contributed by atoms with E-state index in [0.29, 0.717) is 11.5 Å². The van der Waals surface area contributed by atoms with E-state index >= 15 is 0 Å². The van der Waals surface area contributed by atoms with Crippen molar-refractivity contribution in [3.8, 4) is 22.9 Å². The number of benzene rings is 1. The zero-order valence-corrected chi connectivity index (χ0v) is 15.0. The maximum Gasteiger partial charge on any atom is 0.290 e. The van der Waals surface area contributed by atoms with Crippen LogP contribution in [0.1, 0.15) is 5.56 Å². The van der Waals surface area contributed by atoms with Gasteiger partial charge in [-0.25, -0.2) is 4.98 Å². The van der Waals surface area contributed by atoms with Gasteiger partial charge in [0.05, 0.1) is 26.0 Å². The van der Waals surface area contributed by atoms with Crippen LogP contribution in [0.5, 0.6) is 11.5 Å². The maximum atomic E-state index is 8.36. The van der Waals surface area contributed by atoms with Crippen LogP contribution in [0.4, 0.5) is 0 Å². The van der Waals surface area contributed by atoms with Crippen molar-refractivity contribution in [2.75, 3.05) is 14.2 Å². The quantitative estimate of drug-likeness (QED) is 0.680. The van der Waals surface area contributed by atoms with Crippen molar-refractivity contribution in [2.24, 2.45) is 7.05 Å². The largest absolute Gasteiger partial charge is 0.493 e. The van der Waals surface area contributed by atoms with Crippen LogP contribution in [0.25, 0.3) is 11.4 Å². The summed E-state index contributed by atoms with van der Waals surface area (Å²) < 4.78 is 14.8. The van der Waals surface area contributed by atoms with Crippen LogP contribution in [0, 0.1) is 0 Å². The van der Waals surface area contributed by atoms with Gasteiger partial charge >= 0.3 is 0 Å². The van der Waals surface area contributed by atoms with Gasteiger partial charge in [-0.05, 0) is 24.1 Å². The third kappa shape index (κ3) is 4.41. The van der Waals surface area contributed by atoms with Crippen LogP contribution in [0.3, 0.4) is 0 Å². The standard InChI is InChI=1S/C17H20N4O2.CH2O2/c1-20-12-13(11-19-20)7-9-21-10-8-18-17(21)14-5-4-6-15(22-2)16(14)23-3;2-1-3/h4-6,8,10-12H,7,9H2,1-3H3;1H,(H,2,3). The van der Waals surface area contributed by atoms with Gasteiger partial charge in [0.2, 0.25) is 0 Å². The van der Waals surface area contributed by atoms with Gasteiger partial charge < -0.3 is 19.1 Å². The molecule has 2 heterocycles. The summed E-state index contributed by atoms with van der Waals surface area (Å²) in [6, 6.07) is 5.81. The van der Waals surface area contributed by atoms with Gasteiger partial charge in [0.15, 0.2) is 11.5 Å². The first-order valence-corrected chi connectivity index (χ1v) is 7.92. The maximum absolute atomic E-state index is 8.36. The molecule has 0 fully saturated rings. The van der Waals surface area contributed by atoms with Gasteiger partial charge in [0.1, 0.15) is 5.82 Å². The van der Waals surface area contributed by atoms with Gasteiger partial charge in [-0.1, -0.05) is 6.07 Å². The molecular formula is C18H22N4O4. The molecule has 0 saturated heterocycles. The molecule has 2 aromatic heterocycles. The van der Waals surface area contributed by atoms with Crippen LogP contribution in [-0.4, -0.2) is 45.1 Å². The van der Waals surface area contributed by atoms with Crippen molar-refractivity contribution < 1.29 is 19.4 Å². The third-order valence-electron chi connectivity index (χ3n) is 3.76. The highest BCUT2D eigenvalue weighted by atomic mass is 16.5. The summed E-state index contributed by atoms with van der Waals surface area (Å²) in [5.41, 5.74) is 2.12. The summed E-state index contributed by atoms with van der Waals surface area (Å²) >= 11 is 0. The van der Waals surface area contributed by atoms with Crippen LogP contribution < -0.4 is 9.47 Å². The molecule has 0 aliphatic carbocycles. The van der Waals surface area contributed by atoms with Crippen LogP contribution >= 0.6 is 0 Å². The molecule has 8 nitrogen and oxygen atoms in total. The Hall–Kier alpha value is -3.29. The van der Waals surface area contributed by atoms with E-state index in [9.17, 15) is 0 Å². The molecule has 0 spiro atoms. The number of para-hydroxylation sites is 1. The second-order valence-electron chi connectivity index (χ2n) is 5.36. The Morgan fingerprint density at radius 3 is 2.65 bits per heavy atom. The lowest BCUT2D eigenvalue weighted by atomic mass is 10.1. The van der Waals surface area contributed by atoms with Gasteiger partial charge in [-0.3, -0.25) is 9.48 Å². The van der Waals surface area contributed by atoms with Gasteiger partial charge in [-0.2, -0.15) is 5.10 Å². The van der Waals surface area contributed by atoms with E-state index in [4.69, 9.17) is 19.4 Å². The molecule has 3 rings (SSSR count). The number of aromatic nitrogens is 4. The highest BCUT2D eigenvalue weighted by Gasteiger charge is 2.15. The Morgan fingerprint density at radius 1 is 1.27 bits per heavy atom. The summed E-state index contributed by atoms with van der Waals surface area (Å²) in [5, 5.41) is 11.1. The Kier molecular flexibility index (Phi) is 6.78. The molecule has 8 heteroatoms. The van der Waals surface area contributed by atoms with Crippen molar-refractivity contribution in [3.63, 3.8) is 0 Å². The molecular weight excluding hydrogens is 336 g/mol. The predicted octanol–water partition coefficient (Wildman–Crippen LogP) is 2.24. The Morgan fingerprint density at radius 2 is 2.04 bits per heavy atom. The first kappa shape index (κ1) is 19.0. The minimum atomic E-state index is -0.250. The number of hydrogen-bond acceptors (Lipinski definition) is 5. The molecule has 0 atom stereocenters. The van der Waals surface area contributed by atoms with Crippen molar-refractivity contribution in [2.45, 2.75) is 13.0 Å². The molecule has 0 bridgehead atoms. The fourth-order valence-electron chi connectivity index (χ4n) is 2.65. The second kappa shape index (κ2) is 9.26. The molecule has 138 valence electrons. The SMILES string of the molecule is COc1cccc(-c2nccn2CCc2cnn(C)c2)c1OC.O=CO. The minimum Gasteiger partial charge on any atom is -0.493 e. The average molecular weight is 358 g/mol. The molecule has 0 saturated carbocycles. The van der Waals surface area contributed by atoms with Crippen LogP contribution in [-0.2, 0) is 24.8 Å². The lowest BCUT2D eigenvalue weighted by Crippen LogP contribution is -2.03. The fraction of sp³-hybridized carbons (Fsp3) is 0.278. The second-order valence-corrected chi connectivity index (χ2v) is 5.36. The smallest absolute Gasteiger partial charge is 0.290 e. The van der Waals surface area contributed by atoms with E-state index in [1.165, 1.54) is 5.56 Å². The Balaban J connectivity index is 0.000000758. The number of carbonyl (C=O) groups is 1. The first-order valence-electron chi connectivity index (χ1n) is 7.92. The monoisotopic (exact) mass is 358 g/mol. The summed E-state index contributed by atoms with van der Waals surface area (Å²) in [6.07, 6.45) is 8.59. The summed E-state index contributed by atoms with van der Waals surface area (Å²) in [7, 11) is 5.20. The number of imidazole rings is 1. The molecule has 1 aromatic carbocycles. The molecule has 1 N–H and O–H groups in total. The van der Waals surface area contributed by atoms with E-state index in [0.717, 1.165) is 24.4 Å². The molecule has 0 aliphatic heterocycles. The van der Waals surface area contributed by atoms with Gasteiger partial charge in [0.25, 0.3) is 6.47 Å². The number of aryl methyl sites for hydroxylation is 3. The van der Waals surface area contributed by atoms with E-state index in [-0.39, 0.29) is 6.47 Å².